The van der Waals surface area contributed by atoms with E-state index in [2.05, 4.69) is 20.5 Å². The van der Waals surface area contributed by atoms with Crippen LogP contribution in [0.1, 0.15) is 22.6 Å². The van der Waals surface area contributed by atoms with Crippen LogP contribution in [-0.4, -0.2) is 53.7 Å². The van der Waals surface area contributed by atoms with Crippen molar-refractivity contribution in [2.24, 2.45) is 7.05 Å². The van der Waals surface area contributed by atoms with Gasteiger partial charge in [0.25, 0.3) is 5.56 Å². The third-order valence-electron chi connectivity index (χ3n) is 5.20. The fourth-order valence-corrected chi connectivity index (χ4v) is 3.45. The predicted molar refractivity (Wildman–Crippen MR) is 101 cm³/mol. The maximum absolute atomic E-state index is 12.8. The topological polar surface area (TPSA) is 98.8 Å². The van der Waals surface area contributed by atoms with Gasteiger partial charge in [0.15, 0.2) is 0 Å². The molecule has 0 fully saturated rings. The lowest BCUT2D eigenvalue weighted by atomic mass is 10.1. The number of aromatic nitrogens is 6. The van der Waals surface area contributed by atoms with Crippen molar-refractivity contribution in [1.82, 2.24) is 34.7 Å². The van der Waals surface area contributed by atoms with Gasteiger partial charge in [0.2, 0.25) is 5.91 Å². The van der Waals surface area contributed by atoms with E-state index in [1.807, 2.05) is 36.1 Å². The van der Waals surface area contributed by atoms with E-state index in [1.165, 1.54) is 6.33 Å². The molecule has 0 radical (unpaired) electrons. The molecule has 3 heterocycles. The molecule has 0 unspecified atom stereocenters. The van der Waals surface area contributed by atoms with Crippen molar-refractivity contribution >= 4 is 5.91 Å². The number of benzene rings is 1. The number of carbonyl (C=O) groups excluding carboxylic acids is 1. The van der Waals surface area contributed by atoms with Crippen molar-refractivity contribution in [3.8, 4) is 5.69 Å². The van der Waals surface area contributed by atoms with Crippen molar-refractivity contribution in [2.75, 3.05) is 13.1 Å². The van der Waals surface area contributed by atoms with E-state index in [9.17, 15) is 9.59 Å². The molecule has 0 spiro atoms. The molecule has 2 aromatic heterocycles. The summed E-state index contributed by atoms with van der Waals surface area (Å²) in [6.45, 7) is 2.94. The number of carbonyl (C=O) groups is 1. The Balaban J connectivity index is 1.45. The number of hydrogen-bond acceptors (Lipinski definition) is 6. The summed E-state index contributed by atoms with van der Waals surface area (Å²) in [5.74, 6) is 0.753. The Kier molecular flexibility index (Phi) is 4.72. The molecule has 3 aromatic rings. The molecule has 0 aliphatic carbocycles. The van der Waals surface area contributed by atoms with Crippen molar-refractivity contribution in [1.29, 1.82) is 0 Å². The van der Waals surface area contributed by atoms with Crippen molar-refractivity contribution < 1.29 is 4.79 Å². The molecule has 0 N–H and O–H groups in total. The molecule has 0 saturated heterocycles. The van der Waals surface area contributed by atoms with Crippen LogP contribution in [0.2, 0.25) is 0 Å². The second-order valence-corrected chi connectivity index (χ2v) is 6.93. The van der Waals surface area contributed by atoms with Crippen LogP contribution in [0.4, 0.5) is 0 Å². The Morgan fingerprint density at radius 1 is 1.14 bits per heavy atom. The van der Waals surface area contributed by atoms with Crippen molar-refractivity contribution in [2.45, 2.75) is 26.2 Å². The molecule has 28 heavy (non-hydrogen) atoms. The minimum Gasteiger partial charge on any atom is -0.342 e. The maximum Gasteiger partial charge on any atom is 0.256 e. The zero-order chi connectivity index (χ0) is 19.7. The zero-order valence-electron chi connectivity index (χ0n) is 15.9. The summed E-state index contributed by atoms with van der Waals surface area (Å²) in [6, 6.07) is 7.58. The quantitative estimate of drug-likeness (QED) is 0.646. The lowest BCUT2D eigenvalue weighted by molar-refractivity contribution is -0.130. The average Bonchev–Trinajstić information content (AvgIpc) is 3.15. The summed E-state index contributed by atoms with van der Waals surface area (Å²) in [4.78, 5) is 31.7. The SMILES string of the molecule is Cc1nc2c(c(=O)n1C)CCN(C(=O)Cc1ccc(-n3cnnn3)cc1)CC2. The molecule has 4 rings (SSSR count). The molecule has 1 aliphatic rings. The molecule has 0 atom stereocenters. The van der Waals surface area contributed by atoms with Crippen LogP contribution >= 0.6 is 0 Å². The fraction of sp³-hybridized carbons (Fsp3) is 0.368. The van der Waals surface area contributed by atoms with Gasteiger partial charge in [0.05, 0.1) is 17.8 Å². The maximum atomic E-state index is 12.8. The molecule has 144 valence electrons. The van der Waals surface area contributed by atoms with Gasteiger partial charge in [0.1, 0.15) is 12.2 Å². The minimum absolute atomic E-state index is 0.00464. The van der Waals surface area contributed by atoms with Gasteiger partial charge in [-0.1, -0.05) is 12.1 Å². The van der Waals surface area contributed by atoms with E-state index in [-0.39, 0.29) is 11.5 Å². The van der Waals surface area contributed by atoms with Crippen LogP contribution in [0, 0.1) is 6.92 Å². The van der Waals surface area contributed by atoms with Gasteiger partial charge in [-0.2, -0.15) is 0 Å². The van der Waals surface area contributed by atoms with E-state index >= 15 is 0 Å². The van der Waals surface area contributed by atoms with Gasteiger partial charge in [-0.3, -0.25) is 14.2 Å². The summed E-state index contributed by atoms with van der Waals surface area (Å²) in [5, 5.41) is 11.1. The Bertz CT molecular complexity index is 1060. The van der Waals surface area contributed by atoms with E-state index in [0.29, 0.717) is 38.2 Å². The standard InChI is InChI=1S/C19H21N7O2/c1-13-21-17-8-10-25(9-7-16(17)19(28)24(13)2)18(27)11-14-3-5-15(6-4-14)26-12-20-22-23-26/h3-6,12H,7-11H2,1-2H3. The molecule has 0 saturated carbocycles. The molecule has 0 bridgehead atoms. The number of tetrazole rings is 1. The Labute approximate surface area is 161 Å². The van der Waals surface area contributed by atoms with Gasteiger partial charge in [-0.15, -0.1) is 5.10 Å². The first kappa shape index (κ1) is 18.0. The third kappa shape index (κ3) is 3.42. The highest BCUT2D eigenvalue weighted by molar-refractivity contribution is 5.79. The number of rotatable bonds is 3. The van der Waals surface area contributed by atoms with Crippen molar-refractivity contribution in [3.63, 3.8) is 0 Å². The Morgan fingerprint density at radius 2 is 1.89 bits per heavy atom. The van der Waals surface area contributed by atoms with Gasteiger partial charge in [-0.05, 0) is 41.5 Å². The second kappa shape index (κ2) is 7.34. The largest absolute Gasteiger partial charge is 0.342 e. The van der Waals surface area contributed by atoms with Crippen LogP contribution in [0.25, 0.3) is 5.69 Å². The molecule has 9 heteroatoms. The minimum atomic E-state index is -0.00464. The van der Waals surface area contributed by atoms with E-state index < -0.39 is 0 Å². The highest BCUT2D eigenvalue weighted by atomic mass is 16.2. The van der Waals surface area contributed by atoms with Crippen LogP contribution in [0.5, 0.6) is 0 Å². The van der Waals surface area contributed by atoms with Crippen LogP contribution < -0.4 is 5.56 Å². The smallest absolute Gasteiger partial charge is 0.256 e. The summed E-state index contributed by atoms with van der Waals surface area (Å²) >= 11 is 0. The molecular formula is C19H21N7O2. The van der Waals surface area contributed by atoms with Gasteiger partial charge < -0.3 is 4.90 Å². The Morgan fingerprint density at radius 3 is 2.61 bits per heavy atom. The number of fused-ring (bicyclic) bond motifs is 1. The van der Waals surface area contributed by atoms with Crippen molar-refractivity contribution in [3.05, 3.63) is 63.6 Å². The number of amides is 1. The van der Waals surface area contributed by atoms with E-state index in [4.69, 9.17) is 0 Å². The summed E-state index contributed by atoms with van der Waals surface area (Å²) in [7, 11) is 1.73. The zero-order valence-corrected chi connectivity index (χ0v) is 15.9. The van der Waals surface area contributed by atoms with Gasteiger partial charge in [-0.25, -0.2) is 9.67 Å². The monoisotopic (exact) mass is 379 g/mol. The average molecular weight is 379 g/mol. The molecule has 1 aromatic carbocycles. The molecule has 1 aliphatic heterocycles. The molecule has 9 nitrogen and oxygen atoms in total. The first-order valence-electron chi connectivity index (χ1n) is 9.18. The lowest BCUT2D eigenvalue weighted by Gasteiger charge is -2.20. The van der Waals surface area contributed by atoms with E-state index in [1.54, 1.807) is 16.3 Å². The van der Waals surface area contributed by atoms with Gasteiger partial charge in [0, 0.05) is 32.1 Å². The predicted octanol–water partition coefficient (Wildman–Crippen LogP) is 0.234. The molecule has 1 amide bonds. The highest BCUT2D eigenvalue weighted by Crippen LogP contribution is 2.14. The lowest BCUT2D eigenvalue weighted by Crippen LogP contribution is -2.34. The van der Waals surface area contributed by atoms with Gasteiger partial charge >= 0.3 is 0 Å². The summed E-state index contributed by atoms with van der Waals surface area (Å²) < 4.78 is 3.13. The Hall–Kier alpha value is -3.36. The first-order chi connectivity index (χ1) is 13.5. The van der Waals surface area contributed by atoms with Crippen LogP contribution in [0.15, 0.2) is 35.4 Å². The fourth-order valence-electron chi connectivity index (χ4n) is 3.45. The number of nitrogens with zero attached hydrogens (tertiary/aromatic N) is 7. The van der Waals surface area contributed by atoms with E-state index in [0.717, 1.165) is 22.5 Å². The first-order valence-corrected chi connectivity index (χ1v) is 9.18. The summed E-state index contributed by atoms with van der Waals surface area (Å²) in [6.07, 6.45) is 2.99. The van der Waals surface area contributed by atoms with Crippen LogP contribution in [-0.2, 0) is 31.1 Å². The summed E-state index contributed by atoms with van der Waals surface area (Å²) in [5.41, 5.74) is 3.31. The molecular weight excluding hydrogens is 358 g/mol. The normalized spacial score (nSPS) is 13.9. The number of aryl methyl sites for hydroxylation is 1. The highest BCUT2D eigenvalue weighted by Gasteiger charge is 2.22. The third-order valence-corrected chi connectivity index (χ3v) is 5.20. The number of hydrogen-bond donors (Lipinski definition) is 0. The second-order valence-electron chi connectivity index (χ2n) is 6.93. The van der Waals surface area contributed by atoms with Crippen LogP contribution in [0.3, 0.4) is 0 Å².